The maximum Gasteiger partial charge on any atom is 0.119 e. The molecule has 0 amide bonds. The molecule has 2 bridgehead atoms. The molecule has 1 aromatic rings. The Morgan fingerprint density at radius 3 is 2.32 bits per heavy atom. The summed E-state index contributed by atoms with van der Waals surface area (Å²) in [6.07, 6.45) is 2.48. The standard InChI is InChI=1S/C16H25N2O/c1-2-6-16(7-3-1)19-15-5-4-11-18-12-8-17(9-13-18)10-14-18/h1-3,6-7H,4-5,8-15H2/q+1. The van der Waals surface area contributed by atoms with Gasteiger partial charge in [0, 0.05) is 19.6 Å². The number of benzene rings is 1. The molecule has 3 fully saturated rings. The van der Waals surface area contributed by atoms with E-state index in [9.17, 15) is 0 Å². The number of hydrogen-bond acceptors (Lipinski definition) is 2. The second-order valence-electron chi connectivity index (χ2n) is 5.95. The lowest BCUT2D eigenvalue weighted by Crippen LogP contribution is -2.67. The van der Waals surface area contributed by atoms with Crippen LogP contribution in [0.5, 0.6) is 5.75 Å². The smallest absolute Gasteiger partial charge is 0.119 e. The minimum absolute atomic E-state index is 0.857. The van der Waals surface area contributed by atoms with Crippen molar-refractivity contribution in [3.05, 3.63) is 30.3 Å². The van der Waals surface area contributed by atoms with Gasteiger partial charge in [-0.15, -0.1) is 0 Å². The number of quaternary nitrogens is 1. The molecular formula is C16H25N2O+. The van der Waals surface area contributed by atoms with E-state index in [0.717, 1.165) is 12.4 Å². The van der Waals surface area contributed by atoms with Crippen LogP contribution in [0.4, 0.5) is 0 Å². The van der Waals surface area contributed by atoms with Crippen LogP contribution in [0.2, 0.25) is 0 Å². The highest BCUT2D eigenvalue weighted by Gasteiger charge is 2.37. The highest BCUT2D eigenvalue weighted by Crippen LogP contribution is 2.20. The molecule has 3 heteroatoms. The van der Waals surface area contributed by atoms with Gasteiger partial charge >= 0.3 is 0 Å². The molecule has 0 aromatic heterocycles. The minimum atomic E-state index is 0.857. The van der Waals surface area contributed by atoms with Crippen LogP contribution >= 0.6 is 0 Å². The Morgan fingerprint density at radius 1 is 0.947 bits per heavy atom. The molecule has 19 heavy (non-hydrogen) atoms. The number of unbranched alkanes of at least 4 members (excludes halogenated alkanes) is 1. The van der Waals surface area contributed by atoms with Crippen molar-refractivity contribution >= 4 is 0 Å². The van der Waals surface area contributed by atoms with Crippen LogP contribution in [0.1, 0.15) is 12.8 Å². The quantitative estimate of drug-likeness (QED) is 0.573. The summed E-state index contributed by atoms with van der Waals surface area (Å²) in [6.45, 7) is 10.3. The fraction of sp³-hybridized carbons (Fsp3) is 0.625. The van der Waals surface area contributed by atoms with Gasteiger partial charge in [0.15, 0.2) is 0 Å². The summed E-state index contributed by atoms with van der Waals surface area (Å²) >= 11 is 0. The van der Waals surface area contributed by atoms with Gasteiger partial charge in [-0.3, -0.25) is 4.90 Å². The average molecular weight is 261 g/mol. The molecule has 0 unspecified atom stereocenters. The molecule has 0 aliphatic carbocycles. The zero-order chi connectivity index (χ0) is 13.0. The van der Waals surface area contributed by atoms with Gasteiger partial charge in [0.05, 0.1) is 32.8 Å². The third kappa shape index (κ3) is 3.28. The van der Waals surface area contributed by atoms with E-state index in [0.29, 0.717) is 0 Å². The van der Waals surface area contributed by atoms with E-state index in [-0.39, 0.29) is 0 Å². The average Bonchev–Trinajstić information content (AvgIpc) is 2.50. The van der Waals surface area contributed by atoms with Crippen molar-refractivity contribution in [1.29, 1.82) is 0 Å². The van der Waals surface area contributed by atoms with Gasteiger partial charge in [0.25, 0.3) is 0 Å². The van der Waals surface area contributed by atoms with Crippen molar-refractivity contribution < 1.29 is 9.22 Å². The Bertz CT molecular complexity index is 371. The van der Waals surface area contributed by atoms with E-state index in [1.807, 2.05) is 30.3 Å². The van der Waals surface area contributed by atoms with Crippen molar-refractivity contribution in [3.8, 4) is 5.75 Å². The predicted molar refractivity (Wildman–Crippen MR) is 77.3 cm³/mol. The van der Waals surface area contributed by atoms with E-state index in [2.05, 4.69) is 4.90 Å². The van der Waals surface area contributed by atoms with E-state index in [1.165, 1.54) is 63.1 Å². The number of hydrogen-bond donors (Lipinski definition) is 0. The number of nitrogens with zero attached hydrogens (tertiary/aromatic N) is 2. The molecule has 1 aromatic carbocycles. The summed E-state index contributed by atoms with van der Waals surface area (Å²) in [5.74, 6) is 1.00. The Labute approximate surface area is 116 Å². The second-order valence-corrected chi connectivity index (χ2v) is 5.95. The van der Waals surface area contributed by atoms with Gasteiger partial charge in [-0.1, -0.05) is 18.2 Å². The van der Waals surface area contributed by atoms with Gasteiger partial charge in [-0.25, -0.2) is 0 Å². The minimum Gasteiger partial charge on any atom is -0.494 e. The lowest BCUT2D eigenvalue weighted by atomic mass is 10.1. The first kappa shape index (κ1) is 12.9. The van der Waals surface area contributed by atoms with E-state index >= 15 is 0 Å². The number of ether oxygens (including phenoxy) is 1. The molecule has 3 aliphatic heterocycles. The van der Waals surface area contributed by atoms with Crippen LogP contribution in [0, 0.1) is 0 Å². The van der Waals surface area contributed by atoms with Gasteiger partial charge < -0.3 is 9.22 Å². The molecule has 3 saturated heterocycles. The maximum atomic E-state index is 5.76. The van der Waals surface area contributed by atoms with Crippen molar-refractivity contribution in [2.75, 3.05) is 52.4 Å². The molecule has 0 atom stereocenters. The van der Waals surface area contributed by atoms with E-state index in [1.54, 1.807) is 0 Å². The predicted octanol–water partition coefficient (Wildman–Crippen LogP) is 1.99. The topological polar surface area (TPSA) is 12.5 Å². The molecule has 3 nitrogen and oxygen atoms in total. The summed E-state index contributed by atoms with van der Waals surface area (Å²) in [6, 6.07) is 10.2. The van der Waals surface area contributed by atoms with Gasteiger partial charge in [-0.05, 0) is 25.0 Å². The number of rotatable bonds is 6. The summed E-state index contributed by atoms with van der Waals surface area (Å²) in [7, 11) is 0. The summed E-state index contributed by atoms with van der Waals surface area (Å²) in [5, 5.41) is 0. The Morgan fingerprint density at radius 2 is 1.63 bits per heavy atom. The van der Waals surface area contributed by atoms with Crippen LogP contribution < -0.4 is 4.74 Å². The summed E-state index contributed by atoms with van der Waals surface area (Å²) in [4.78, 5) is 2.61. The first-order valence-electron chi connectivity index (χ1n) is 7.62. The SMILES string of the molecule is c1ccc(OCCCC[N+]23CCN(CC2)CC3)cc1. The molecule has 3 aliphatic rings. The molecule has 3 heterocycles. The Kier molecular flexibility index (Phi) is 4.04. The molecule has 0 radical (unpaired) electrons. The van der Waals surface area contributed by atoms with Crippen LogP contribution in [0.25, 0.3) is 0 Å². The molecule has 0 saturated carbocycles. The summed E-state index contributed by atoms with van der Waals surface area (Å²) in [5.41, 5.74) is 0. The van der Waals surface area contributed by atoms with Crippen LogP contribution in [-0.4, -0.2) is 61.8 Å². The zero-order valence-electron chi connectivity index (χ0n) is 11.8. The van der Waals surface area contributed by atoms with E-state index in [4.69, 9.17) is 4.74 Å². The molecule has 0 spiro atoms. The highest BCUT2D eigenvalue weighted by atomic mass is 16.5. The van der Waals surface area contributed by atoms with Crippen LogP contribution in [-0.2, 0) is 0 Å². The van der Waals surface area contributed by atoms with Crippen molar-refractivity contribution in [2.45, 2.75) is 12.8 Å². The lowest BCUT2D eigenvalue weighted by Gasteiger charge is -2.50. The molecule has 0 N–H and O–H groups in total. The largest absolute Gasteiger partial charge is 0.494 e. The van der Waals surface area contributed by atoms with E-state index < -0.39 is 0 Å². The zero-order valence-corrected chi connectivity index (χ0v) is 11.8. The maximum absolute atomic E-state index is 5.76. The third-order valence-corrected chi connectivity index (χ3v) is 4.71. The Hall–Kier alpha value is -1.06. The molecule has 104 valence electrons. The number of piperazine rings is 3. The van der Waals surface area contributed by atoms with Crippen molar-refractivity contribution in [1.82, 2.24) is 4.90 Å². The van der Waals surface area contributed by atoms with Crippen LogP contribution in [0.3, 0.4) is 0 Å². The van der Waals surface area contributed by atoms with Gasteiger partial charge in [0.1, 0.15) is 5.75 Å². The van der Waals surface area contributed by atoms with Gasteiger partial charge in [-0.2, -0.15) is 0 Å². The van der Waals surface area contributed by atoms with Gasteiger partial charge in [0.2, 0.25) is 0 Å². The highest BCUT2D eigenvalue weighted by molar-refractivity contribution is 5.20. The Balaban J connectivity index is 1.35. The fourth-order valence-electron chi connectivity index (χ4n) is 3.32. The van der Waals surface area contributed by atoms with Crippen molar-refractivity contribution in [3.63, 3.8) is 0 Å². The first-order valence-corrected chi connectivity index (χ1v) is 7.62. The number of fused-ring (bicyclic) bond motifs is 3. The van der Waals surface area contributed by atoms with Crippen molar-refractivity contribution in [2.24, 2.45) is 0 Å². The normalized spacial score (nSPS) is 29.4. The third-order valence-electron chi connectivity index (χ3n) is 4.71. The summed E-state index contributed by atoms with van der Waals surface area (Å²) < 4.78 is 7.13. The molecular weight excluding hydrogens is 236 g/mol. The fourth-order valence-corrected chi connectivity index (χ4v) is 3.32. The first-order chi connectivity index (χ1) is 9.36. The lowest BCUT2D eigenvalue weighted by molar-refractivity contribution is -0.941. The monoisotopic (exact) mass is 261 g/mol. The second kappa shape index (κ2) is 5.93. The van der Waals surface area contributed by atoms with Crippen LogP contribution in [0.15, 0.2) is 30.3 Å². The molecule has 4 rings (SSSR count). The number of para-hydroxylation sites is 1.